The highest BCUT2D eigenvalue weighted by atomic mass is 16.5. The molecular formula is C10H14N2O2. The molecule has 0 atom stereocenters. The average Bonchev–Trinajstić information content (AvgIpc) is 2.85. The first kappa shape index (κ1) is 9.24. The van der Waals surface area contributed by atoms with Crippen LogP contribution in [-0.2, 0) is 4.74 Å². The standard InChI is InChI=1S/C10H14N2O2/c1-14-10(13)9-6-11-7-12(9)8-4-2-3-5-8/h6-8H,2-5H2,1H3. The van der Waals surface area contributed by atoms with Crippen molar-refractivity contribution in [3.05, 3.63) is 18.2 Å². The molecule has 0 bridgehead atoms. The van der Waals surface area contributed by atoms with Gasteiger partial charge in [-0.1, -0.05) is 12.8 Å². The number of imidazole rings is 1. The van der Waals surface area contributed by atoms with Crippen molar-refractivity contribution in [1.82, 2.24) is 9.55 Å². The van der Waals surface area contributed by atoms with Crippen LogP contribution in [0.2, 0.25) is 0 Å². The summed E-state index contributed by atoms with van der Waals surface area (Å²) in [5.74, 6) is -0.297. The summed E-state index contributed by atoms with van der Waals surface area (Å²) >= 11 is 0. The lowest BCUT2D eigenvalue weighted by Gasteiger charge is -2.13. The van der Waals surface area contributed by atoms with E-state index in [-0.39, 0.29) is 5.97 Å². The summed E-state index contributed by atoms with van der Waals surface area (Å²) in [6, 6.07) is 0.437. The van der Waals surface area contributed by atoms with Crippen LogP contribution in [0.15, 0.2) is 12.5 Å². The van der Waals surface area contributed by atoms with Crippen molar-refractivity contribution >= 4 is 5.97 Å². The fraction of sp³-hybridized carbons (Fsp3) is 0.600. The Hall–Kier alpha value is -1.32. The normalized spacial score (nSPS) is 17.2. The van der Waals surface area contributed by atoms with E-state index in [1.165, 1.54) is 20.0 Å². The van der Waals surface area contributed by atoms with Gasteiger partial charge in [0.15, 0.2) is 0 Å². The summed E-state index contributed by atoms with van der Waals surface area (Å²) in [7, 11) is 1.40. The van der Waals surface area contributed by atoms with Crippen molar-refractivity contribution in [1.29, 1.82) is 0 Å². The van der Waals surface area contributed by atoms with E-state index in [2.05, 4.69) is 4.98 Å². The molecular weight excluding hydrogens is 180 g/mol. The van der Waals surface area contributed by atoms with E-state index in [1.807, 2.05) is 4.57 Å². The Morgan fingerprint density at radius 2 is 2.29 bits per heavy atom. The highest BCUT2D eigenvalue weighted by Crippen LogP contribution is 2.30. The van der Waals surface area contributed by atoms with Gasteiger partial charge in [-0.3, -0.25) is 0 Å². The maximum Gasteiger partial charge on any atom is 0.356 e. The van der Waals surface area contributed by atoms with Crippen LogP contribution in [0.1, 0.15) is 42.2 Å². The monoisotopic (exact) mass is 194 g/mol. The molecule has 14 heavy (non-hydrogen) atoms. The number of nitrogens with zero attached hydrogens (tertiary/aromatic N) is 2. The van der Waals surface area contributed by atoms with Gasteiger partial charge in [-0.15, -0.1) is 0 Å². The first-order valence-electron chi connectivity index (χ1n) is 4.93. The van der Waals surface area contributed by atoms with Gasteiger partial charge in [0.25, 0.3) is 0 Å². The van der Waals surface area contributed by atoms with Crippen LogP contribution in [0.5, 0.6) is 0 Å². The summed E-state index contributed by atoms with van der Waals surface area (Å²) in [6.45, 7) is 0. The van der Waals surface area contributed by atoms with E-state index >= 15 is 0 Å². The molecule has 0 spiro atoms. The number of carbonyl (C=O) groups excluding carboxylic acids is 1. The van der Waals surface area contributed by atoms with E-state index in [9.17, 15) is 4.79 Å². The van der Waals surface area contributed by atoms with Crippen molar-refractivity contribution in [3.63, 3.8) is 0 Å². The Morgan fingerprint density at radius 1 is 1.57 bits per heavy atom. The van der Waals surface area contributed by atoms with E-state index in [0.717, 1.165) is 12.8 Å². The molecule has 0 aliphatic heterocycles. The summed E-state index contributed by atoms with van der Waals surface area (Å²) < 4.78 is 6.64. The molecule has 0 aromatic carbocycles. The van der Waals surface area contributed by atoms with Gasteiger partial charge >= 0.3 is 5.97 Å². The first-order valence-corrected chi connectivity index (χ1v) is 4.93. The number of rotatable bonds is 2. The van der Waals surface area contributed by atoms with Gasteiger partial charge in [0, 0.05) is 6.04 Å². The number of esters is 1. The molecule has 0 N–H and O–H groups in total. The highest BCUT2D eigenvalue weighted by molar-refractivity contribution is 5.87. The van der Waals surface area contributed by atoms with Crippen molar-refractivity contribution < 1.29 is 9.53 Å². The minimum Gasteiger partial charge on any atom is -0.464 e. The molecule has 1 heterocycles. The second kappa shape index (κ2) is 3.82. The smallest absolute Gasteiger partial charge is 0.356 e. The number of methoxy groups -OCH3 is 1. The number of hydrogen-bond acceptors (Lipinski definition) is 3. The Bertz CT molecular complexity index is 327. The quantitative estimate of drug-likeness (QED) is 0.674. The van der Waals surface area contributed by atoms with Gasteiger partial charge in [-0.25, -0.2) is 9.78 Å². The molecule has 1 saturated carbocycles. The molecule has 0 radical (unpaired) electrons. The van der Waals surface area contributed by atoms with E-state index in [4.69, 9.17) is 4.74 Å². The van der Waals surface area contributed by atoms with Gasteiger partial charge in [-0.05, 0) is 12.8 Å². The zero-order valence-corrected chi connectivity index (χ0v) is 8.27. The third-order valence-electron chi connectivity index (χ3n) is 2.78. The van der Waals surface area contributed by atoms with E-state index in [1.54, 1.807) is 12.5 Å². The Kier molecular flexibility index (Phi) is 2.52. The van der Waals surface area contributed by atoms with Crippen molar-refractivity contribution in [2.75, 3.05) is 7.11 Å². The minimum absolute atomic E-state index is 0.297. The van der Waals surface area contributed by atoms with Crippen LogP contribution in [0.25, 0.3) is 0 Å². The maximum atomic E-state index is 11.4. The molecule has 0 unspecified atom stereocenters. The van der Waals surface area contributed by atoms with Gasteiger partial charge in [-0.2, -0.15) is 0 Å². The topological polar surface area (TPSA) is 44.1 Å². The lowest BCUT2D eigenvalue weighted by molar-refractivity contribution is 0.0586. The average molecular weight is 194 g/mol. The SMILES string of the molecule is COC(=O)c1cncn1C1CCCC1. The zero-order valence-electron chi connectivity index (χ0n) is 8.27. The predicted octanol–water partition coefficient (Wildman–Crippen LogP) is 1.78. The van der Waals surface area contributed by atoms with Crippen LogP contribution < -0.4 is 0 Å². The zero-order chi connectivity index (χ0) is 9.97. The Labute approximate surface area is 82.9 Å². The number of ether oxygens (including phenoxy) is 1. The van der Waals surface area contributed by atoms with Crippen molar-refractivity contribution in [2.45, 2.75) is 31.7 Å². The van der Waals surface area contributed by atoms with E-state index in [0.29, 0.717) is 11.7 Å². The first-order chi connectivity index (χ1) is 6.83. The molecule has 1 fully saturated rings. The van der Waals surface area contributed by atoms with Gasteiger partial charge in [0.1, 0.15) is 5.69 Å². The molecule has 2 rings (SSSR count). The molecule has 4 nitrogen and oxygen atoms in total. The van der Waals surface area contributed by atoms with Crippen LogP contribution >= 0.6 is 0 Å². The summed E-state index contributed by atoms with van der Waals surface area (Å²) in [6.07, 6.45) is 8.06. The minimum atomic E-state index is -0.297. The fourth-order valence-corrected chi connectivity index (χ4v) is 2.04. The molecule has 1 aromatic rings. The number of carbonyl (C=O) groups is 1. The Morgan fingerprint density at radius 3 is 2.93 bits per heavy atom. The third kappa shape index (κ3) is 1.52. The number of hydrogen-bond donors (Lipinski definition) is 0. The summed E-state index contributed by atoms with van der Waals surface area (Å²) in [5, 5.41) is 0. The fourth-order valence-electron chi connectivity index (χ4n) is 2.04. The Balaban J connectivity index is 2.24. The van der Waals surface area contributed by atoms with Crippen LogP contribution in [0.3, 0.4) is 0 Å². The highest BCUT2D eigenvalue weighted by Gasteiger charge is 2.21. The molecule has 1 aliphatic carbocycles. The van der Waals surface area contributed by atoms with E-state index < -0.39 is 0 Å². The second-order valence-corrected chi connectivity index (χ2v) is 3.62. The lowest BCUT2D eigenvalue weighted by Crippen LogP contribution is -2.13. The molecule has 76 valence electrons. The van der Waals surface area contributed by atoms with Crippen LogP contribution in [0, 0.1) is 0 Å². The second-order valence-electron chi connectivity index (χ2n) is 3.62. The molecule has 1 aromatic heterocycles. The third-order valence-corrected chi connectivity index (χ3v) is 2.78. The largest absolute Gasteiger partial charge is 0.464 e. The van der Waals surface area contributed by atoms with Crippen LogP contribution in [-0.4, -0.2) is 22.6 Å². The maximum absolute atomic E-state index is 11.4. The van der Waals surface area contributed by atoms with Gasteiger partial charge < -0.3 is 9.30 Å². The van der Waals surface area contributed by atoms with Crippen LogP contribution in [0.4, 0.5) is 0 Å². The summed E-state index contributed by atoms with van der Waals surface area (Å²) in [4.78, 5) is 15.4. The van der Waals surface area contributed by atoms with Gasteiger partial charge in [0.05, 0.1) is 19.6 Å². The summed E-state index contributed by atoms with van der Waals surface area (Å²) in [5.41, 5.74) is 0.569. The molecule has 0 saturated heterocycles. The van der Waals surface area contributed by atoms with Crippen molar-refractivity contribution in [3.8, 4) is 0 Å². The molecule has 4 heteroatoms. The van der Waals surface area contributed by atoms with Crippen molar-refractivity contribution in [2.24, 2.45) is 0 Å². The molecule has 1 aliphatic rings. The lowest BCUT2D eigenvalue weighted by atomic mass is 10.2. The predicted molar refractivity (Wildman–Crippen MR) is 51.1 cm³/mol. The number of aromatic nitrogens is 2. The molecule has 0 amide bonds. The van der Waals surface area contributed by atoms with Gasteiger partial charge in [0.2, 0.25) is 0 Å².